The second-order valence-corrected chi connectivity index (χ2v) is 15.7. The third kappa shape index (κ3) is 10.2. The lowest BCUT2D eigenvalue weighted by Crippen LogP contribution is -2.29. The molecule has 40 heavy (non-hydrogen) atoms. The molecule has 218 valence electrons. The first-order valence-corrected chi connectivity index (χ1v) is 17.0. The third-order valence-corrected chi connectivity index (χ3v) is 9.33. The summed E-state index contributed by atoms with van der Waals surface area (Å²) in [6.45, 7) is 18.0. The van der Waals surface area contributed by atoms with E-state index >= 15 is 0 Å². The highest BCUT2D eigenvalue weighted by Gasteiger charge is 2.27. The molecule has 0 saturated heterocycles. The number of Topliss-reactive ketones (excluding diaryl/α,β-unsaturated/α-hetero) is 1. The summed E-state index contributed by atoms with van der Waals surface area (Å²) < 4.78 is 0. The Morgan fingerprint density at radius 2 is 1.38 bits per heavy atom. The molecule has 2 heterocycles. The van der Waals surface area contributed by atoms with Crippen LogP contribution < -0.4 is 5.11 Å². The molecule has 0 unspecified atom stereocenters. The van der Waals surface area contributed by atoms with E-state index in [0.717, 1.165) is 49.7 Å². The van der Waals surface area contributed by atoms with Gasteiger partial charge in [0.15, 0.2) is 5.78 Å². The number of aryl methyl sites for hydroxylation is 1. The van der Waals surface area contributed by atoms with Gasteiger partial charge >= 0.3 is 0 Å². The van der Waals surface area contributed by atoms with Crippen molar-refractivity contribution >= 4 is 35.0 Å². The van der Waals surface area contributed by atoms with Crippen molar-refractivity contribution in [3.63, 3.8) is 0 Å². The Labute approximate surface area is 252 Å². The van der Waals surface area contributed by atoms with Gasteiger partial charge in [-0.05, 0) is 94.6 Å². The van der Waals surface area contributed by atoms with Crippen molar-refractivity contribution in [3.05, 3.63) is 78.0 Å². The van der Waals surface area contributed by atoms with E-state index in [4.69, 9.17) is 0 Å². The number of ketones is 1. The highest BCUT2D eigenvalue weighted by atomic mass is 32.2. The first-order chi connectivity index (χ1) is 18.9. The maximum atomic E-state index is 13.2. The fourth-order valence-corrected chi connectivity index (χ4v) is 7.88. The van der Waals surface area contributed by atoms with E-state index in [0.29, 0.717) is 34.8 Å². The van der Waals surface area contributed by atoms with Crippen LogP contribution in [-0.2, 0) is 17.6 Å². The van der Waals surface area contributed by atoms with Crippen LogP contribution in [0.1, 0.15) is 109 Å². The topological polar surface area (TPSA) is 40.1 Å². The van der Waals surface area contributed by atoms with Gasteiger partial charge < -0.3 is 5.11 Å². The molecular formula is C36H50O2S2. The monoisotopic (exact) mass is 578 g/mol. The standard InChI is InChI=1S/C36H50O2S2/c1-23(2)11-9-13-29-17-27(19-31(39-29)15-25(5)6)21-33-35(37)34(36(33)38)22-28-18-30(14-10-12-24(3)4)40-32(20-28)16-26(7)8/h17-26H,9-16H2,1-8H3. The fraction of sp³-hybridized carbons (Fsp3) is 0.556. The molecule has 1 aliphatic heterocycles. The van der Waals surface area contributed by atoms with Crippen LogP contribution in [0.2, 0.25) is 0 Å². The number of carbonyl (C=O) groups excluding carboxylic acids is 1. The molecule has 0 amide bonds. The van der Waals surface area contributed by atoms with Gasteiger partial charge in [0.1, 0.15) is 0 Å². The predicted octanol–water partition coefficient (Wildman–Crippen LogP) is 10.1. The largest absolute Gasteiger partial charge is 0.871 e. The second kappa shape index (κ2) is 15.4. The Bertz CT molecular complexity index is 1210. The molecule has 4 heteroatoms. The molecular weight excluding hydrogens is 529 g/mol. The molecule has 0 spiro atoms. The van der Waals surface area contributed by atoms with E-state index < -0.39 is 0 Å². The Balaban J connectivity index is 1.87. The summed E-state index contributed by atoms with van der Waals surface area (Å²) in [5, 5.41) is 13.2. The van der Waals surface area contributed by atoms with Gasteiger partial charge in [-0.2, -0.15) is 0 Å². The number of thioether (sulfide) groups is 1. The zero-order valence-electron chi connectivity index (χ0n) is 26.1. The van der Waals surface area contributed by atoms with Crippen LogP contribution in [0, 0.1) is 23.7 Å². The smallest absolute Gasteiger partial charge is 0.218 e. The zero-order chi connectivity index (χ0) is 29.4. The Morgan fingerprint density at radius 3 is 1.98 bits per heavy atom. The van der Waals surface area contributed by atoms with E-state index in [1.165, 1.54) is 32.4 Å². The SMILES string of the molecule is CC(C)CCCC1=CC(=CC2=C([O-])C(=Cc3cc(CCCC(C)C)[s+]c(CC(C)C)c3)C2=O)C=C(CC(C)C)S1. The van der Waals surface area contributed by atoms with Crippen LogP contribution in [0.25, 0.3) is 6.08 Å². The maximum Gasteiger partial charge on any atom is 0.218 e. The molecule has 0 atom stereocenters. The lowest BCUT2D eigenvalue weighted by Gasteiger charge is -2.29. The molecule has 2 nitrogen and oxygen atoms in total. The van der Waals surface area contributed by atoms with Crippen molar-refractivity contribution in [1.29, 1.82) is 0 Å². The van der Waals surface area contributed by atoms with E-state index in [9.17, 15) is 9.90 Å². The van der Waals surface area contributed by atoms with E-state index in [2.05, 4.69) is 79.7 Å². The van der Waals surface area contributed by atoms with Crippen LogP contribution in [0.3, 0.4) is 0 Å². The number of carbonyl (C=O) groups is 1. The minimum atomic E-state index is -0.122. The average molecular weight is 579 g/mol. The average Bonchev–Trinajstić information content (AvgIpc) is 2.84. The van der Waals surface area contributed by atoms with E-state index in [-0.39, 0.29) is 11.5 Å². The van der Waals surface area contributed by atoms with Crippen molar-refractivity contribution in [2.45, 2.75) is 107 Å². The molecule has 0 N–H and O–H groups in total. The molecule has 1 aromatic rings. The lowest BCUT2D eigenvalue weighted by atomic mass is 9.85. The molecule has 0 fully saturated rings. The fourth-order valence-electron chi connectivity index (χ4n) is 5.10. The van der Waals surface area contributed by atoms with Crippen molar-refractivity contribution in [1.82, 2.24) is 0 Å². The van der Waals surface area contributed by atoms with Crippen LogP contribution in [0.4, 0.5) is 0 Å². The number of hydrogen-bond donors (Lipinski definition) is 0. The number of rotatable bonds is 14. The summed E-state index contributed by atoms with van der Waals surface area (Å²) in [6, 6.07) is 4.36. The summed E-state index contributed by atoms with van der Waals surface area (Å²) >= 11 is 3.75. The van der Waals surface area contributed by atoms with E-state index in [1.54, 1.807) is 0 Å². The van der Waals surface area contributed by atoms with Crippen molar-refractivity contribution in [2.24, 2.45) is 23.7 Å². The minimum Gasteiger partial charge on any atom is -0.871 e. The Hall–Kier alpha value is -1.91. The Morgan fingerprint density at radius 1 is 0.775 bits per heavy atom. The van der Waals surface area contributed by atoms with Gasteiger partial charge in [0.2, 0.25) is 21.1 Å². The number of hydrogen-bond acceptors (Lipinski definition) is 3. The van der Waals surface area contributed by atoms with Crippen LogP contribution in [0.15, 0.2) is 62.6 Å². The first-order valence-electron chi connectivity index (χ1n) is 15.4. The van der Waals surface area contributed by atoms with Gasteiger partial charge in [0, 0.05) is 36.1 Å². The van der Waals surface area contributed by atoms with Gasteiger partial charge in [0.25, 0.3) is 0 Å². The molecule has 0 saturated carbocycles. The van der Waals surface area contributed by atoms with Gasteiger partial charge in [0.05, 0.1) is 0 Å². The third-order valence-electron chi connectivity index (χ3n) is 7.06. The first kappa shape index (κ1) is 32.6. The summed E-state index contributed by atoms with van der Waals surface area (Å²) in [5.74, 6) is 2.28. The van der Waals surface area contributed by atoms with Gasteiger partial charge in [-0.25, -0.2) is 0 Å². The van der Waals surface area contributed by atoms with Crippen molar-refractivity contribution in [3.8, 4) is 0 Å². The quantitative estimate of drug-likeness (QED) is 0.163. The van der Waals surface area contributed by atoms with Crippen LogP contribution >= 0.6 is 23.1 Å². The molecule has 0 radical (unpaired) electrons. The van der Waals surface area contributed by atoms with Crippen LogP contribution in [0.5, 0.6) is 0 Å². The summed E-state index contributed by atoms with van der Waals surface area (Å²) in [6.07, 6.45) is 16.9. The second-order valence-electron chi connectivity index (χ2n) is 13.2. The van der Waals surface area contributed by atoms with Crippen molar-refractivity contribution in [2.75, 3.05) is 0 Å². The molecule has 1 aromatic heterocycles. The van der Waals surface area contributed by atoms with Crippen molar-refractivity contribution < 1.29 is 9.90 Å². The molecule has 3 rings (SSSR count). The van der Waals surface area contributed by atoms with Gasteiger partial charge in [-0.1, -0.05) is 85.8 Å². The Kier molecular flexibility index (Phi) is 12.5. The van der Waals surface area contributed by atoms with Gasteiger partial charge in [-0.15, -0.1) is 0 Å². The minimum absolute atomic E-state index is 0.122. The summed E-state index contributed by atoms with van der Waals surface area (Å²) in [5.41, 5.74) is 2.62. The summed E-state index contributed by atoms with van der Waals surface area (Å²) in [7, 11) is 0. The maximum absolute atomic E-state index is 13.2. The normalized spacial score (nSPS) is 18.1. The highest BCUT2D eigenvalue weighted by molar-refractivity contribution is 8.06. The lowest BCUT2D eigenvalue weighted by molar-refractivity contribution is -0.300. The van der Waals surface area contributed by atoms with E-state index in [1.807, 2.05) is 35.3 Å². The predicted molar refractivity (Wildman–Crippen MR) is 175 cm³/mol. The molecule has 2 aliphatic rings. The molecule has 1 aliphatic carbocycles. The van der Waals surface area contributed by atoms with Gasteiger partial charge in [-0.3, -0.25) is 4.79 Å². The summed E-state index contributed by atoms with van der Waals surface area (Å²) in [4.78, 5) is 18.6. The van der Waals surface area contributed by atoms with Crippen LogP contribution in [-0.4, -0.2) is 5.78 Å². The number of allylic oxidation sites excluding steroid dienone is 8. The molecule has 0 aromatic carbocycles. The zero-order valence-corrected chi connectivity index (χ0v) is 27.7. The molecule has 0 bridgehead atoms. The highest BCUT2D eigenvalue weighted by Crippen LogP contribution is 2.40.